The normalized spacial score (nSPS) is 14.6. The fraction of sp³-hybridized carbons (Fsp3) is 0.304. The van der Waals surface area contributed by atoms with E-state index in [1.165, 1.54) is 31.4 Å². The van der Waals surface area contributed by atoms with E-state index in [4.69, 9.17) is 0 Å². The number of ether oxygens (including phenoxy) is 1. The van der Waals surface area contributed by atoms with Gasteiger partial charge in [-0.15, -0.1) is 0 Å². The van der Waals surface area contributed by atoms with Gasteiger partial charge >= 0.3 is 18.1 Å². The van der Waals surface area contributed by atoms with E-state index in [2.05, 4.69) is 16.6 Å². The van der Waals surface area contributed by atoms with Crippen LogP contribution in [-0.4, -0.2) is 42.9 Å². The lowest BCUT2D eigenvalue weighted by molar-refractivity contribution is -0.173. The molecule has 0 aromatic heterocycles. The number of amides is 1. The van der Waals surface area contributed by atoms with Crippen molar-refractivity contribution in [3.05, 3.63) is 72.9 Å². The molecule has 2 atom stereocenters. The zero-order valence-electron chi connectivity index (χ0n) is 17.3. The van der Waals surface area contributed by atoms with Gasteiger partial charge in [-0.2, -0.15) is 13.2 Å². The van der Waals surface area contributed by atoms with Gasteiger partial charge in [0.2, 0.25) is 0 Å². The van der Waals surface area contributed by atoms with Gasteiger partial charge in [-0.25, -0.2) is 4.79 Å². The molecular formula is C23H26F3NO4. The molecule has 0 heterocycles. The Morgan fingerprint density at radius 2 is 1.71 bits per heavy atom. The van der Waals surface area contributed by atoms with Crippen molar-refractivity contribution in [1.82, 2.24) is 5.32 Å². The summed E-state index contributed by atoms with van der Waals surface area (Å²) in [6, 6.07) is 0. The summed E-state index contributed by atoms with van der Waals surface area (Å²) < 4.78 is 40.6. The van der Waals surface area contributed by atoms with Crippen LogP contribution in [0.5, 0.6) is 0 Å². The van der Waals surface area contributed by atoms with Crippen LogP contribution in [0.25, 0.3) is 0 Å². The van der Waals surface area contributed by atoms with Crippen molar-refractivity contribution >= 4 is 11.9 Å². The van der Waals surface area contributed by atoms with Crippen molar-refractivity contribution in [2.45, 2.75) is 25.6 Å². The van der Waals surface area contributed by atoms with Crippen LogP contribution in [0.15, 0.2) is 72.9 Å². The Hall–Kier alpha value is -3.31. The Morgan fingerprint density at radius 1 is 1.03 bits per heavy atom. The van der Waals surface area contributed by atoms with Crippen molar-refractivity contribution in [3.63, 3.8) is 0 Å². The summed E-state index contributed by atoms with van der Waals surface area (Å²) in [5, 5.41) is 11.6. The van der Waals surface area contributed by atoms with Gasteiger partial charge in [0, 0.05) is 12.6 Å². The summed E-state index contributed by atoms with van der Waals surface area (Å²) in [7, 11) is 1.29. The van der Waals surface area contributed by atoms with E-state index in [0.29, 0.717) is 6.42 Å². The van der Waals surface area contributed by atoms with Crippen LogP contribution in [-0.2, 0) is 14.3 Å². The lowest BCUT2D eigenvalue weighted by atomic mass is 10.1. The van der Waals surface area contributed by atoms with Gasteiger partial charge in [-0.05, 0) is 30.6 Å². The van der Waals surface area contributed by atoms with E-state index in [-0.39, 0.29) is 12.5 Å². The number of aliphatic hydroxyl groups excluding tert-OH is 1. The summed E-state index contributed by atoms with van der Waals surface area (Å²) in [6.07, 6.45) is 14.0. The number of allylic oxidation sites excluding steroid dienone is 8. The van der Waals surface area contributed by atoms with Crippen LogP contribution in [0.4, 0.5) is 13.2 Å². The van der Waals surface area contributed by atoms with Crippen LogP contribution < -0.4 is 5.32 Å². The molecule has 0 aromatic rings. The number of carbonyl (C=O) groups excluding carboxylic acids is 2. The van der Waals surface area contributed by atoms with Crippen LogP contribution in [0.3, 0.4) is 0 Å². The molecule has 0 unspecified atom stereocenters. The van der Waals surface area contributed by atoms with Crippen molar-refractivity contribution < 1.29 is 32.6 Å². The number of methoxy groups -OCH3 is 1. The maximum absolute atomic E-state index is 12.1. The Bertz CT molecular complexity index is 794. The lowest BCUT2D eigenvalue weighted by Gasteiger charge is -2.10. The summed E-state index contributed by atoms with van der Waals surface area (Å²) in [5.74, 6) is 2.76. The number of nitrogens with one attached hydrogen (secondary N) is 1. The predicted molar refractivity (Wildman–Crippen MR) is 113 cm³/mol. The van der Waals surface area contributed by atoms with Crippen molar-refractivity contribution in [3.8, 4) is 11.8 Å². The molecule has 31 heavy (non-hydrogen) atoms. The molecule has 0 aliphatic heterocycles. The van der Waals surface area contributed by atoms with Gasteiger partial charge in [0.15, 0.2) is 0 Å². The molecule has 0 bridgehead atoms. The summed E-state index contributed by atoms with van der Waals surface area (Å²) in [6.45, 7) is 1.55. The SMILES string of the molecule is COC(=O)/C=C/C=C/C=C/C[C@H](O)/C=C/C#C/C=C/C=C/[C@@H](C)CNC(=O)C(F)(F)F. The molecule has 0 fully saturated rings. The first-order valence-corrected chi connectivity index (χ1v) is 9.28. The number of hydrogen-bond acceptors (Lipinski definition) is 4. The maximum atomic E-state index is 12.1. The second kappa shape index (κ2) is 16.5. The Morgan fingerprint density at radius 3 is 2.39 bits per heavy atom. The number of alkyl halides is 3. The number of rotatable bonds is 10. The van der Waals surface area contributed by atoms with Crippen molar-refractivity contribution in [2.75, 3.05) is 13.7 Å². The standard InChI is InChI=1S/C23H26F3NO4/c1-19(18-27-22(30)23(24,25)26)14-10-6-3-4-7-11-15-20(28)16-12-8-5-9-13-17-21(29)31-2/h3,5-6,8-15,17,19-20,28H,16,18H2,1-2H3,(H,27,30)/b6-3+,9-5+,12-8+,14-10+,15-11+,17-13+/t19-,20-/m1/s1. The van der Waals surface area contributed by atoms with Gasteiger partial charge in [0.1, 0.15) is 0 Å². The van der Waals surface area contributed by atoms with E-state index >= 15 is 0 Å². The van der Waals surface area contributed by atoms with Crippen molar-refractivity contribution in [2.24, 2.45) is 5.92 Å². The fourth-order valence-electron chi connectivity index (χ4n) is 1.74. The van der Waals surface area contributed by atoms with Gasteiger partial charge in [0.25, 0.3) is 0 Å². The fourth-order valence-corrected chi connectivity index (χ4v) is 1.74. The molecule has 0 spiro atoms. The second-order valence-corrected chi connectivity index (χ2v) is 6.08. The predicted octanol–water partition coefficient (Wildman–Crippen LogP) is 3.57. The van der Waals surface area contributed by atoms with E-state index in [1.54, 1.807) is 60.8 Å². The zero-order chi connectivity index (χ0) is 23.5. The van der Waals surface area contributed by atoms with E-state index in [9.17, 15) is 27.9 Å². The van der Waals surface area contributed by atoms with Gasteiger partial charge < -0.3 is 15.2 Å². The number of hydrogen-bond donors (Lipinski definition) is 2. The Kier molecular flexibility index (Phi) is 14.7. The average Bonchev–Trinajstić information content (AvgIpc) is 2.72. The van der Waals surface area contributed by atoms with Gasteiger partial charge in [-0.1, -0.05) is 67.4 Å². The molecule has 0 rings (SSSR count). The molecular weight excluding hydrogens is 411 g/mol. The third-order valence-electron chi connectivity index (χ3n) is 3.34. The smallest absolute Gasteiger partial charge is 0.466 e. The molecule has 5 nitrogen and oxygen atoms in total. The average molecular weight is 437 g/mol. The van der Waals surface area contributed by atoms with E-state index in [1.807, 2.05) is 0 Å². The largest absolute Gasteiger partial charge is 0.471 e. The minimum atomic E-state index is -4.88. The van der Waals surface area contributed by atoms with Crippen LogP contribution in [0.2, 0.25) is 0 Å². The molecule has 168 valence electrons. The number of esters is 1. The molecule has 0 saturated heterocycles. The lowest BCUT2D eigenvalue weighted by Crippen LogP contribution is -2.38. The molecule has 0 aliphatic rings. The maximum Gasteiger partial charge on any atom is 0.471 e. The third kappa shape index (κ3) is 17.3. The molecule has 0 aromatic carbocycles. The zero-order valence-corrected chi connectivity index (χ0v) is 17.3. The number of carbonyl (C=O) groups is 2. The highest BCUT2D eigenvalue weighted by molar-refractivity contribution is 5.82. The van der Waals surface area contributed by atoms with Crippen LogP contribution in [0, 0.1) is 17.8 Å². The minimum Gasteiger partial charge on any atom is -0.466 e. The highest BCUT2D eigenvalue weighted by Crippen LogP contribution is 2.14. The van der Waals surface area contributed by atoms with Gasteiger partial charge in [-0.3, -0.25) is 4.79 Å². The first-order valence-electron chi connectivity index (χ1n) is 9.28. The topological polar surface area (TPSA) is 75.6 Å². The second-order valence-electron chi connectivity index (χ2n) is 6.08. The van der Waals surface area contributed by atoms with Crippen molar-refractivity contribution in [1.29, 1.82) is 0 Å². The highest BCUT2D eigenvalue weighted by atomic mass is 19.4. The third-order valence-corrected chi connectivity index (χ3v) is 3.34. The molecule has 2 N–H and O–H groups in total. The first-order chi connectivity index (χ1) is 14.7. The summed E-state index contributed by atoms with van der Waals surface area (Å²) >= 11 is 0. The molecule has 0 saturated carbocycles. The van der Waals surface area contributed by atoms with Gasteiger partial charge in [0.05, 0.1) is 13.2 Å². The first kappa shape index (κ1) is 27.7. The Balaban J connectivity index is 4.16. The summed E-state index contributed by atoms with van der Waals surface area (Å²) in [5.41, 5.74) is 0. The van der Waals surface area contributed by atoms with E-state index in [0.717, 1.165) is 0 Å². The molecule has 1 amide bonds. The highest BCUT2D eigenvalue weighted by Gasteiger charge is 2.38. The minimum absolute atomic E-state index is 0.122. The monoisotopic (exact) mass is 437 g/mol. The number of aliphatic hydroxyl groups is 1. The van der Waals surface area contributed by atoms with Crippen LogP contribution >= 0.6 is 0 Å². The molecule has 0 radical (unpaired) electrons. The summed E-state index contributed by atoms with van der Waals surface area (Å²) in [4.78, 5) is 21.5. The Labute approximate surface area is 180 Å². The molecule has 8 heteroatoms. The van der Waals surface area contributed by atoms with E-state index < -0.39 is 24.2 Å². The quantitative estimate of drug-likeness (QED) is 0.237. The van der Waals surface area contributed by atoms with Crippen LogP contribution in [0.1, 0.15) is 13.3 Å². The number of halogens is 3. The molecule has 0 aliphatic carbocycles.